The van der Waals surface area contributed by atoms with E-state index in [2.05, 4.69) is 18.0 Å². The van der Waals surface area contributed by atoms with Crippen LogP contribution in [0.5, 0.6) is 5.75 Å². The minimum absolute atomic E-state index is 0.738. The Labute approximate surface area is 88.7 Å². The van der Waals surface area contributed by atoms with Crippen molar-refractivity contribution >= 4 is 0 Å². The molecule has 0 N–H and O–H groups in total. The van der Waals surface area contributed by atoms with E-state index in [-0.39, 0.29) is 0 Å². The van der Waals surface area contributed by atoms with Crippen molar-refractivity contribution in [3.8, 4) is 17.1 Å². The topological polar surface area (TPSA) is 35.3 Å². The number of hydrogen-bond donors (Lipinski definition) is 0. The zero-order valence-corrected chi connectivity index (χ0v) is 8.86. The maximum Gasteiger partial charge on any atom is 0.181 e. The molecule has 0 aliphatic rings. The smallest absolute Gasteiger partial charge is 0.181 e. The average Bonchev–Trinajstić information content (AvgIpc) is 2.81. The molecule has 0 aliphatic carbocycles. The first kappa shape index (κ1) is 9.77. The predicted molar refractivity (Wildman–Crippen MR) is 57.9 cm³/mol. The van der Waals surface area contributed by atoms with Crippen molar-refractivity contribution in [2.24, 2.45) is 0 Å². The molecule has 2 rings (SSSR count). The van der Waals surface area contributed by atoms with Crippen LogP contribution >= 0.6 is 0 Å². The van der Waals surface area contributed by atoms with Crippen molar-refractivity contribution in [1.82, 2.24) is 4.98 Å². The molecule has 15 heavy (non-hydrogen) atoms. The van der Waals surface area contributed by atoms with E-state index in [0.717, 1.165) is 23.5 Å². The van der Waals surface area contributed by atoms with Gasteiger partial charge in [-0.3, -0.25) is 0 Å². The number of aryl methyl sites for hydroxylation is 1. The Hall–Kier alpha value is -1.77. The fourth-order valence-corrected chi connectivity index (χ4v) is 1.65. The molecule has 1 aromatic heterocycles. The molecular weight excluding hydrogens is 190 g/mol. The van der Waals surface area contributed by atoms with E-state index in [4.69, 9.17) is 9.15 Å². The van der Waals surface area contributed by atoms with E-state index >= 15 is 0 Å². The lowest BCUT2D eigenvalue weighted by Gasteiger charge is -2.10. The number of aromatic nitrogens is 1. The average molecular weight is 203 g/mol. The second kappa shape index (κ2) is 4.17. The zero-order valence-electron chi connectivity index (χ0n) is 8.86. The zero-order chi connectivity index (χ0) is 10.7. The number of benzene rings is 1. The van der Waals surface area contributed by atoms with Gasteiger partial charge in [0.1, 0.15) is 5.75 Å². The van der Waals surface area contributed by atoms with Gasteiger partial charge in [0.2, 0.25) is 0 Å². The lowest BCUT2D eigenvalue weighted by Crippen LogP contribution is -1.92. The van der Waals surface area contributed by atoms with E-state index in [9.17, 15) is 0 Å². The van der Waals surface area contributed by atoms with Crippen molar-refractivity contribution in [3.63, 3.8) is 0 Å². The maximum atomic E-state index is 5.40. The predicted octanol–water partition coefficient (Wildman–Crippen LogP) is 2.91. The Morgan fingerprint density at radius 2 is 2.27 bits per heavy atom. The highest BCUT2D eigenvalue weighted by Gasteiger charge is 2.11. The molecule has 0 spiro atoms. The molecule has 0 unspecified atom stereocenters. The van der Waals surface area contributed by atoms with Crippen LogP contribution in [0.2, 0.25) is 0 Å². The van der Waals surface area contributed by atoms with Gasteiger partial charge in [0.25, 0.3) is 0 Å². The minimum Gasteiger partial charge on any atom is -0.496 e. The van der Waals surface area contributed by atoms with Crippen molar-refractivity contribution in [3.05, 3.63) is 36.4 Å². The quantitative estimate of drug-likeness (QED) is 0.769. The molecule has 1 heterocycles. The van der Waals surface area contributed by atoms with Gasteiger partial charge in [-0.15, -0.1) is 0 Å². The number of rotatable bonds is 3. The van der Waals surface area contributed by atoms with E-state index in [1.807, 2.05) is 12.1 Å². The molecular formula is C12H13NO2. The Kier molecular flexibility index (Phi) is 2.72. The van der Waals surface area contributed by atoms with Crippen LogP contribution in [0.15, 0.2) is 35.2 Å². The Morgan fingerprint density at radius 1 is 1.40 bits per heavy atom. The van der Waals surface area contributed by atoms with Gasteiger partial charge in [-0.05, 0) is 18.1 Å². The number of nitrogens with zero attached hydrogens (tertiary/aromatic N) is 1. The summed E-state index contributed by atoms with van der Waals surface area (Å²) >= 11 is 0. The first-order valence-corrected chi connectivity index (χ1v) is 4.91. The summed E-state index contributed by atoms with van der Waals surface area (Å²) in [6.07, 6.45) is 4.05. The molecule has 0 amide bonds. The van der Waals surface area contributed by atoms with Gasteiger partial charge in [0, 0.05) is 0 Å². The van der Waals surface area contributed by atoms with E-state index in [0.29, 0.717) is 0 Å². The molecule has 0 fully saturated rings. The van der Waals surface area contributed by atoms with Gasteiger partial charge < -0.3 is 9.15 Å². The van der Waals surface area contributed by atoms with Gasteiger partial charge in [-0.25, -0.2) is 4.98 Å². The maximum absolute atomic E-state index is 5.40. The Bertz CT molecular complexity index is 435. The Morgan fingerprint density at radius 3 is 2.87 bits per heavy atom. The standard InChI is InChI=1S/C12H13NO2/c1-3-9-5-4-6-10(12(9)14-2)11-7-13-8-15-11/h4-8H,3H2,1-2H3. The summed E-state index contributed by atoms with van der Waals surface area (Å²) in [6.45, 7) is 2.10. The summed E-state index contributed by atoms with van der Waals surface area (Å²) in [5.41, 5.74) is 2.13. The van der Waals surface area contributed by atoms with Crippen molar-refractivity contribution in [2.45, 2.75) is 13.3 Å². The number of hydrogen-bond acceptors (Lipinski definition) is 3. The summed E-state index contributed by atoms with van der Waals surface area (Å²) in [5.74, 6) is 1.61. The first-order chi connectivity index (χ1) is 7.36. The third kappa shape index (κ3) is 1.73. The van der Waals surface area contributed by atoms with Gasteiger partial charge >= 0.3 is 0 Å². The monoisotopic (exact) mass is 203 g/mol. The van der Waals surface area contributed by atoms with Gasteiger partial charge in [0.05, 0.1) is 18.9 Å². The summed E-state index contributed by atoms with van der Waals surface area (Å²) < 4.78 is 10.7. The summed E-state index contributed by atoms with van der Waals surface area (Å²) in [6, 6.07) is 6.02. The molecule has 0 saturated heterocycles. The largest absolute Gasteiger partial charge is 0.496 e. The molecule has 3 heteroatoms. The molecule has 0 saturated carbocycles. The summed E-state index contributed by atoms with van der Waals surface area (Å²) in [5, 5.41) is 0. The second-order valence-corrected chi connectivity index (χ2v) is 3.22. The molecule has 1 aromatic carbocycles. The molecule has 3 nitrogen and oxygen atoms in total. The van der Waals surface area contributed by atoms with Gasteiger partial charge in [-0.2, -0.15) is 0 Å². The molecule has 0 bridgehead atoms. The van der Waals surface area contributed by atoms with Gasteiger partial charge in [-0.1, -0.05) is 19.1 Å². The van der Waals surface area contributed by atoms with Gasteiger partial charge in [0.15, 0.2) is 12.2 Å². The lowest BCUT2D eigenvalue weighted by atomic mass is 10.1. The summed E-state index contributed by atoms with van der Waals surface area (Å²) in [4.78, 5) is 3.91. The molecule has 0 atom stereocenters. The fraction of sp³-hybridized carbons (Fsp3) is 0.250. The molecule has 2 aromatic rings. The third-order valence-corrected chi connectivity index (χ3v) is 2.38. The van der Waals surface area contributed by atoms with Crippen LogP contribution in [0.4, 0.5) is 0 Å². The number of methoxy groups -OCH3 is 1. The van der Waals surface area contributed by atoms with Crippen molar-refractivity contribution < 1.29 is 9.15 Å². The van der Waals surface area contributed by atoms with Crippen LogP contribution < -0.4 is 4.74 Å². The highest BCUT2D eigenvalue weighted by atomic mass is 16.5. The molecule has 78 valence electrons. The van der Waals surface area contributed by atoms with Crippen molar-refractivity contribution in [2.75, 3.05) is 7.11 Å². The van der Waals surface area contributed by atoms with Crippen LogP contribution in [-0.2, 0) is 6.42 Å². The third-order valence-electron chi connectivity index (χ3n) is 2.38. The van der Waals surface area contributed by atoms with Crippen LogP contribution in [0, 0.1) is 0 Å². The first-order valence-electron chi connectivity index (χ1n) is 4.91. The highest BCUT2D eigenvalue weighted by molar-refractivity contribution is 5.67. The lowest BCUT2D eigenvalue weighted by molar-refractivity contribution is 0.410. The summed E-state index contributed by atoms with van der Waals surface area (Å²) in [7, 11) is 1.67. The van der Waals surface area contributed by atoms with Crippen LogP contribution in [-0.4, -0.2) is 12.1 Å². The number of ether oxygens (including phenoxy) is 1. The molecule has 0 radical (unpaired) electrons. The number of para-hydroxylation sites is 1. The van der Waals surface area contributed by atoms with Crippen LogP contribution in [0.1, 0.15) is 12.5 Å². The van der Waals surface area contributed by atoms with Crippen molar-refractivity contribution in [1.29, 1.82) is 0 Å². The van der Waals surface area contributed by atoms with Crippen LogP contribution in [0.25, 0.3) is 11.3 Å². The Balaban J connectivity index is 2.56. The van der Waals surface area contributed by atoms with E-state index in [1.54, 1.807) is 13.3 Å². The normalized spacial score (nSPS) is 10.3. The highest BCUT2D eigenvalue weighted by Crippen LogP contribution is 2.32. The van der Waals surface area contributed by atoms with E-state index in [1.165, 1.54) is 12.0 Å². The molecule has 0 aliphatic heterocycles. The number of oxazole rings is 1. The minimum atomic E-state index is 0.738. The SMILES string of the molecule is CCc1cccc(-c2cnco2)c1OC. The second-order valence-electron chi connectivity index (χ2n) is 3.22. The fourth-order valence-electron chi connectivity index (χ4n) is 1.65. The van der Waals surface area contributed by atoms with Crippen LogP contribution in [0.3, 0.4) is 0 Å². The van der Waals surface area contributed by atoms with E-state index < -0.39 is 0 Å².